The molecule has 7 nitrogen and oxygen atoms in total. The minimum absolute atomic E-state index is 0.0200. The molecular weight excluding hydrogens is 426 g/mol. The Morgan fingerprint density at radius 3 is 2.44 bits per heavy atom. The van der Waals surface area contributed by atoms with E-state index in [4.69, 9.17) is 15.6 Å². The molecule has 7 heteroatoms. The third-order valence-corrected chi connectivity index (χ3v) is 5.80. The molecule has 0 radical (unpaired) electrons. The molecule has 4 aromatic rings. The maximum absolute atomic E-state index is 12.0. The van der Waals surface area contributed by atoms with Crippen LogP contribution in [0, 0.1) is 0 Å². The van der Waals surface area contributed by atoms with Gasteiger partial charge in [-0.3, -0.25) is 4.79 Å². The summed E-state index contributed by atoms with van der Waals surface area (Å²) >= 11 is 0. The summed E-state index contributed by atoms with van der Waals surface area (Å²) < 4.78 is 7.78. The Bertz CT molecular complexity index is 1240. The van der Waals surface area contributed by atoms with Crippen LogP contribution in [0.4, 0.5) is 11.5 Å². The lowest BCUT2D eigenvalue weighted by Gasteiger charge is -2.27. The number of aldehydes is 1. The molecule has 0 saturated carbocycles. The molecule has 34 heavy (non-hydrogen) atoms. The molecule has 1 aromatic heterocycles. The van der Waals surface area contributed by atoms with Crippen molar-refractivity contribution in [1.29, 1.82) is 0 Å². The number of carbonyl (C=O) groups is 1. The lowest BCUT2D eigenvalue weighted by Crippen LogP contribution is -2.25. The maximum atomic E-state index is 12.0. The van der Waals surface area contributed by atoms with Gasteiger partial charge in [-0.25, -0.2) is 4.68 Å². The van der Waals surface area contributed by atoms with Crippen LogP contribution in [0.5, 0.6) is 5.75 Å². The van der Waals surface area contributed by atoms with Crippen molar-refractivity contribution < 1.29 is 9.53 Å². The molecule has 5 rings (SSSR count). The van der Waals surface area contributed by atoms with Gasteiger partial charge < -0.3 is 21.5 Å². The smallest absolute Gasteiger partial charge is 0.156 e. The van der Waals surface area contributed by atoms with E-state index < -0.39 is 0 Å². The summed E-state index contributed by atoms with van der Waals surface area (Å²) in [6.45, 7) is 1.25. The standard InChI is InChI=1S/C26H24N4O2.CH5N/c27-23-9-5-4-8-21(23)24-14-15-28-26-22(16-31)25(29-30(24)26)19-10-12-20(13-11-19)32-17-18-6-2-1-3-7-18;1-2/h1-13,16,24,28H,14-15,17,27H2;2H2,1H3. The number of ether oxygens (including phenoxy) is 1. The number of nitrogens with zero attached hydrogens (tertiary/aromatic N) is 2. The minimum atomic E-state index is -0.0200. The number of benzene rings is 3. The first-order valence-corrected chi connectivity index (χ1v) is 11.3. The molecule has 174 valence electrons. The quantitative estimate of drug-likeness (QED) is 0.292. The fraction of sp³-hybridized carbons (Fsp3) is 0.185. The van der Waals surface area contributed by atoms with Crippen LogP contribution in [0.25, 0.3) is 11.3 Å². The van der Waals surface area contributed by atoms with E-state index in [-0.39, 0.29) is 6.04 Å². The van der Waals surface area contributed by atoms with E-state index >= 15 is 0 Å². The lowest BCUT2D eigenvalue weighted by atomic mass is 10.0. The molecular formula is C27H29N5O2. The molecule has 1 atom stereocenters. The predicted octanol–water partition coefficient (Wildman–Crippen LogP) is 4.50. The van der Waals surface area contributed by atoms with Crippen molar-refractivity contribution in [3.05, 3.63) is 95.6 Å². The van der Waals surface area contributed by atoms with Gasteiger partial charge in [0, 0.05) is 17.8 Å². The first kappa shape index (κ1) is 23.1. The Balaban J connectivity index is 0.00000133. The average Bonchev–Trinajstić information content (AvgIpc) is 3.29. The third-order valence-electron chi connectivity index (χ3n) is 5.80. The highest BCUT2D eigenvalue weighted by Gasteiger charge is 2.28. The molecule has 1 aliphatic heterocycles. The SMILES string of the molecule is CN.Nc1ccccc1C1CCNc2c(C=O)c(-c3ccc(OCc4ccccc4)cc3)nn21. The van der Waals surface area contributed by atoms with Crippen LogP contribution in [0.2, 0.25) is 0 Å². The number of rotatable bonds is 6. The van der Waals surface area contributed by atoms with E-state index in [1.54, 1.807) is 0 Å². The van der Waals surface area contributed by atoms with Crippen LogP contribution in [-0.4, -0.2) is 29.7 Å². The van der Waals surface area contributed by atoms with Crippen molar-refractivity contribution in [2.45, 2.75) is 19.1 Å². The Kier molecular flexibility index (Phi) is 7.25. The number of aromatic nitrogens is 2. The molecule has 0 fully saturated rings. The zero-order valence-corrected chi connectivity index (χ0v) is 19.1. The number of hydrogen-bond donors (Lipinski definition) is 3. The van der Waals surface area contributed by atoms with Crippen molar-refractivity contribution in [2.24, 2.45) is 5.73 Å². The summed E-state index contributed by atoms with van der Waals surface area (Å²) in [6.07, 6.45) is 1.71. The predicted molar refractivity (Wildman–Crippen MR) is 136 cm³/mol. The molecule has 1 aliphatic rings. The van der Waals surface area contributed by atoms with E-state index in [1.807, 2.05) is 83.5 Å². The summed E-state index contributed by atoms with van der Waals surface area (Å²) in [7, 11) is 1.50. The minimum Gasteiger partial charge on any atom is -0.489 e. The van der Waals surface area contributed by atoms with Gasteiger partial charge in [0.1, 0.15) is 23.9 Å². The molecule has 2 heterocycles. The molecule has 5 N–H and O–H groups in total. The largest absolute Gasteiger partial charge is 0.489 e. The van der Waals surface area contributed by atoms with Gasteiger partial charge in [-0.15, -0.1) is 0 Å². The van der Waals surface area contributed by atoms with Crippen molar-refractivity contribution in [2.75, 3.05) is 24.6 Å². The van der Waals surface area contributed by atoms with Crippen molar-refractivity contribution in [3.8, 4) is 17.0 Å². The van der Waals surface area contributed by atoms with Crippen LogP contribution in [0.1, 0.15) is 33.9 Å². The van der Waals surface area contributed by atoms with Crippen LogP contribution >= 0.6 is 0 Å². The monoisotopic (exact) mass is 455 g/mol. The zero-order chi connectivity index (χ0) is 23.9. The van der Waals surface area contributed by atoms with Gasteiger partial charge in [-0.2, -0.15) is 5.10 Å². The Morgan fingerprint density at radius 2 is 1.74 bits per heavy atom. The second kappa shape index (κ2) is 10.7. The van der Waals surface area contributed by atoms with E-state index in [1.165, 1.54) is 7.05 Å². The Morgan fingerprint density at radius 1 is 1.03 bits per heavy atom. The van der Waals surface area contributed by atoms with Gasteiger partial charge in [0.2, 0.25) is 0 Å². The molecule has 1 unspecified atom stereocenters. The van der Waals surface area contributed by atoms with Gasteiger partial charge in [0.15, 0.2) is 6.29 Å². The first-order chi connectivity index (χ1) is 16.7. The Labute approximate surface area is 199 Å². The number of para-hydroxylation sites is 1. The molecule has 0 amide bonds. The topological polar surface area (TPSA) is 108 Å². The zero-order valence-electron chi connectivity index (χ0n) is 19.1. The summed E-state index contributed by atoms with van der Waals surface area (Å²) in [5.41, 5.74) is 15.7. The normalized spacial score (nSPS) is 14.2. The third kappa shape index (κ3) is 4.65. The molecule has 0 saturated heterocycles. The average molecular weight is 456 g/mol. The van der Waals surface area contributed by atoms with Gasteiger partial charge in [-0.1, -0.05) is 48.5 Å². The van der Waals surface area contributed by atoms with Crippen LogP contribution in [-0.2, 0) is 6.61 Å². The number of carbonyl (C=O) groups excluding carboxylic acids is 1. The van der Waals surface area contributed by atoms with E-state index in [0.717, 1.165) is 53.2 Å². The maximum Gasteiger partial charge on any atom is 0.156 e. The summed E-state index contributed by atoms with van der Waals surface area (Å²) in [5, 5.41) is 8.19. The molecule has 0 aliphatic carbocycles. The number of anilines is 2. The highest BCUT2D eigenvalue weighted by Crippen LogP contribution is 2.37. The number of nitrogens with two attached hydrogens (primary N) is 2. The van der Waals surface area contributed by atoms with Gasteiger partial charge in [0.25, 0.3) is 0 Å². The van der Waals surface area contributed by atoms with Crippen molar-refractivity contribution in [3.63, 3.8) is 0 Å². The van der Waals surface area contributed by atoms with Crippen molar-refractivity contribution >= 4 is 17.8 Å². The number of nitrogens with one attached hydrogen (secondary N) is 1. The van der Waals surface area contributed by atoms with Crippen LogP contribution < -0.4 is 21.5 Å². The van der Waals surface area contributed by atoms with Crippen LogP contribution in [0.3, 0.4) is 0 Å². The number of nitrogen functional groups attached to an aromatic ring is 1. The number of hydrogen-bond acceptors (Lipinski definition) is 6. The van der Waals surface area contributed by atoms with Gasteiger partial charge >= 0.3 is 0 Å². The first-order valence-electron chi connectivity index (χ1n) is 11.3. The summed E-state index contributed by atoms with van der Waals surface area (Å²) in [5.74, 6) is 1.50. The second-order valence-corrected chi connectivity index (χ2v) is 7.83. The highest BCUT2D eigenvalue weighted by atomic mass is 16.5. The summed E-state index contributed by atoms with van der Waals surface area (Å²) in [4.78, 5) is 12.0. The number of fused-ring (bicyclic) bond motifs is 1. The van der Waals surface area contributed by atoms with E-state index in [9.17, 15) is 4.79 Å². The second-order valence-electron chi connectivity index (χ2n) is 7.83. The fourth-order valence-electron chi connectivity index (χ4n) is 4.17. The van der Waals surface area contributed by atoms with Gasteiger partial charge in [-0.05, 0) is 54.9 Å². The molecule has 0 spiro atoms. The molecule has 3 aromatic carbocycles. The highest BCUT2D eigenvalue weighted by molar-refractivity contribution is 5.92. The van der Waals surface area contributed by atoms with Crippen LogP contribution in [0.15, 0.2) is 78.9 Å². The van der Waals surface area contributed by atoms with Gasteiger partial charge in [0.05, 0.1) is 11.6 Å². The fourth-order valence-corrected chi connectivity index (χ4v) is 4.17. The molecule has 0 bridgehead atoms. The summed E-state index contributed by atoms with van der Waals surface area (Å²) in [6, 6.07) is 25.5. The van der Waals surface area contributed by atoms with E-state index in [0.29, 0.717) is 17.9 Å². The Hall–Kier alpha value is -4.10. The van der Waals surface area contributed by atoms with E-state index in [2.05, 4.69) is 11.1 Å². The van der Waals surface area contributed by atoms with Crippen molar-refractivity contribution in [1.82, 2.24) is 9.78 Å². The lowest BCUT2D eigenvalue weighted by molar-refractivity contribution is 0.112.